The number of thiophene rings is 1. The highest BCUT2D eigenvalue weighted by molar-refractivity contribution is 7.90. The zero-order valence-corrected chi connectivity index (χ0v) is 10.7. The molecule has 1 N–H and O–H groups in total. The molecule has 0 saturated carbocycles. The molecule has 0 bridgehead atoms. The lowest BCUT2D eigenvalue weighted by Crippen LogP contribution is -2.33. The topological polar surface area (TPSA) is 46.2 Å². The molecule has 86 valence electrons. The van der Waals surface area contributed by atoms with Crippen molar-refractivity contribution in [2.45, 2.75) is 19.4 Å². The Bertz CT molecular complexity index is 370. The Morgan fingerprint density at radius 2 is 2.27 bits per heavy atom. The summed E-state index contributed by atoms with van der Waals surface area (Å²) in [6, 6.07) is 2.12. The van der Waals surface area contributed by atoms with E-state index in [0.29, 0.717) is 0 Å². The molecule has 1 unspecified atom stereocenters. The Morgan fingerprint density at radius 3 is 2.80 bits per heavy atom. The first-order chi connectivity index (χ1) is 6.97. The molecule has 1 rings (SSSR count). The van der Waals surface area contributed by atoms with Gasteiger partial charge in [-0.25, -0.2) is 8.42 Å². The van der Waals surface area contributed by atoms with Gasteiger partial charge in [0.15, 0.2) is 0 Å². The predicted octanol–water partition coefficient (Wildman–Crippen LogP) is 1.31. The third-order valence-corrected chi connectivity index (χ3v) is 3.88. The Morgan fingerprint density at radius 1 is 1.53 bits per heavy atom. The molecule has 0 fully saturated rings. The minimum absolute atomic E-state index is 0.0265. The van der Waals surface area contributed by atoms with Crippen molar-refractivity contribution >= 4 is 21.2 Å². The molecule has 5 heteroatoms. The fraction of sp³-hybridized carbons (Fsp3) is 0.600. The molecule has 15 heavy (non-hydrogen) atoms. The second kappa shape index (κ2) is 5.63. The van der Waals surface area contributed by atoms with Crippen molar-refractivity contribution in [3.05, 3.63) is 22.4 Å². The summed E-state index contributed by atoms with van der Waals surface area (Å²) in [5.41, 5.74) is 1.30. The van der Waals surface area contributed by atoms with Gasteiger partial charge in [-0.1, -0.05) is 0 Å². The van der Waals surface area contributed by atoms with E-state index >= 15 is 0 Å². The molecule has 0 amide bonds. The van der Waals surface area contributed by atoms with Crippen LogP contribution in [0.4, 0.5) is 0 Å². The molecule has 1 atom stereocenters. The summed E-state index contributed by atoms with van der Waals surface area (Å²) in [5.74, 6) is 0.205. The van der Waals surface area contributed by atoms with E-state index in [1.165, 1.54) is 11.8 Å². The molecule has 0 radical (unpaired) electrons. The summed E-state index contributed by atoms with van der Waals surface area (Å²) in [4.78, 5) is 0. The van der Waals surface area contributed by atoms with E-state index < -0.39 is 9.84 Å². The molecule has 3 nitrogen and oxygen atoms in total. The standard InChI is InChI=1S/C10H17NO2S2/c1-9(8-15(2,12)13)11-5-3-10-4-6-14-7-10/h4,6-7,9,11H,3,5,8H2,1-2H3. The van der Waals surface area contributed by atoms with Crippen LogP contribution in [0.15, 0.2) is 16.8 Å². The largest absolute Gasteiger partial charge is 0.313 e. The van der Waals surface area contributed by atoms with Crippen molar-refractivity contribution in [1.29, 1.82) is 0 Å². The molecule has 0 aliphatic heterocycles. The Balaban J connectivity index is 2.20. The van der Waals surface area contributed by atoms with Crippen molar-refractivity contribution in [3.63, 3.8) is 0 Å². The average molecular weight is 247 g/mol. The maximum atomic E-state index is 11.0. The van der Waals surface area contributed by atoms with E-state index in [1.807, 2.05) is 6.92 Å². The van der Waals surface area contributed by atoms with Crippen molar-refractivity contribution < 1.29 is 8.42 Å². The van der Waals surface area contributed by atoms with Gasteiger partial charge in [-0.05, 0) is 42.3 Å². The summed E-state index contributed by atoms with van der Waals surface area (Å²) in [5, 5.41) is 7.37. The van der Waals surface area contributed by atoms with E-state index in [1.54, 1.807) is 11.3 Å². The van der Waals surface area contributed by atoms with Gasteiger partial charge in [0, 0.05) is 12.3 Å². The molecule has 0 aliphatic carbocycles. The second-order valence-electron chi connectivity index (χ2n) is 3.83. The predicted molar refractivity (Wildman–Crippen MR) is 65.2 cm³/mol. The van der Waals surface area contributed by atoms with Gasteiger partial charge in [-0.15, -0.1) is 0 Å². The lowest BCUT2D eigenvalue weighted by atomic mass is 10.2. The molecular formula is C10H17NO2S2. The Hall–Kier alpha value is -0.390. The summed E-state index contributed by atoms with van der Waals surface area (Å²) in [7, 11) is -2.87. The fourth-order valence-electron chi connectivity index (χ4n) is 1.41. The van der Waals surface area contributed by atoms with Crippen molar-refractivity contribution in [3.8, 4) is 0 Å². The van der Waals surface area contributed by atoms with Crippen LogP contribution in [-0.4, -0.2) is 33.0 Å². The van der Waals surface area contributed by atoms with Crippen LogP contribution >= 0.6 is 11.3 Å². The number of sulfone groups is 1. The van der Waals surface area contributed by atoms with Gasteiger partial charge in [0.2, 0.25) is 0 Å². The third-order valence-electron chi connectivity index (χ3n) is 2.04. The Labute approximate surface area is 95.4 Å². The molecule has 0 spiro atoms. The second-order valence-corrected chi connectivity index (χ2v) is 6.79. The first kappa shape index (κ1) is 12.7. The third kappa shape index (κ3) is 5.92. The van der Waals surface area contributed by atoms with Gasteiger partial charge >= 0.3 is 0 Å². The normalized spacial score (nSPS) is 14.0. The fourth-order valence-corrected chi connectivity index (χ4v) is 3.14. The number of nitrogens with one attached hydrogen (secondary N) is 1. The van der Waals surface area contributed by atoms with Gasteiger partial charge < -0.3 is 5.32 Å². The summed E-state index contributed by atoms with van der Waals surface area (Å²) >= 11 is 1.68. The zero-order valence-electron chi connectivity index (χ0n) is 9.06. The van der Waals surface area contributed by atoms with Gasteiger partial charge in [0.05, 0.1) is 5.75 Å². The van der Waals surface area contributed by atoms with Gasteiger partial charge in [-0.3, -0.25) is 0 Å². The lowest BCUT2D eigenvalue weighted by molar-refractivity contribution is 0.562. The monoisotopic (exact) mass is 247 g/mol. The molecule has 0 aliphatic rings. The molecule has 0 saturated heterocycles. The highest BCUT2D eigenvalue weighted by Gasteiger charge is 2.09. The van der Waals surface area contributed by atoms with Crippen LogP contribution in [0.25, 0.3) is 0 Å². The van der Waals surface area contributed by atoms with Gasteiger partial charge in [0.25, 0.3) is 0 Å². The number of hydrogen-bond donors (Lipinski definition) is 1. The summed E-state index contributed by atoms with van der Waals surface area (Å²) in [6.07, 6.45) is 2.22. The minimum Gasteiger partial charge on any atom is -0.313 e. The number of rotatable bonds is 6. The molecule has 1 heterocycles. The minimum atomic E-state index is -2.87. The van der Waals surface area contributed by atoms with Gasteiger partial charge in [0.1, 0.15) is 9.84 Å². The van der Waals surface area contributed by atoms with Crippen LogP contribution in [0, 0.1) is 0 Å². The van der Waals surface area contributed by atoms with Crippen LogP contribution in [0.5, 0.6) is 0 Å². The van der Waals surface area contributed by atoms with E-state index in [-0.39, 0.29) is 11.8 Å². The van der Waals surface area contributed by atoms with Crippen LogP contribution in [-0.2, 0) is 16.3 Å². The molecular weight excluding hydrogens is 230 g/mol. The highest BCUT2D eigenvalue weighted by atomic mass is 32.2. The van der Waals surface area contributed by atoms with Crippen LogP contribution in [0.3, 0.4) is 0 Å². The van der Waals surface area contributed by atoms with E-state index in [2.05, 4.69) is 22.1 Å². The summed E-state index contributed by atoms with van der Waals surface area (Å²) in [6.45, 7) is 2.72. The average Bonchev–Trinajstić information content (AvgIpc) is 2.53. The first-order valence-electron chi connectivity index (χ1n) is 4.89. The molecule has 0 aromatic carbocycles. The maximum Gasteiger partial charge on any atom is 0.148 e. The zero-order chi connectivity index (χ0) is 11.3. The lowest BCUT2D eigenvalue weighted by Gasteiger charge is -2.11. The number of hydrogen-bond acceptors (Lipinski definition) is 4. The highest BCUT2D eigenvalue weighted by Crippen LogP contribution is 2.05. The molecule has 1 aromatic rings. The van der Waals surface area contributed by atoms with E-state index in [0.717, 1.165) is 13.0 Å². The van der Waals surface area contributed by atoms with Crippen molar-refractivity contribution in [2.75, 3.05) is 18.6 Å². The van der Waals surface area contributed by atoms with E-state index in [4.69, 9.17) is 0 Å². The van der Waals surface area contributed by atoms with Crippen LogP contribution < -0.4 is 5.32 Å². The van der Waals surface area contributed by atoms with E-state index in [9.17, 15) is 8.42 Å². The maximum absolute atomic E-state index is 11.0. The summed E-state index contributed by atoms with van der Waals surface area (Å²) < 4.78 is 22.0. The smallest absolute Gasteiger partial charge is 0.148 e. The van der Waals surface area contributed by atoms with Crippen LogP contribution in [0.1, 0.15) is 12.5 Å². The molecule has 1 aromatic heterocycles. The van der Waals surface area contributed by atoms with Crippen molar-refractivity contribution in [2.24, 2.45) is 0 Å². The quantitative estimate of drug-likeness (QED) is 0.824. The SMILES string of the molecule is CC(CS(C)(=O)=O)NCCc1ccsc1. The Kier molecular flexibility index (Phi) is 4.76. The van der Waals surface area contributed by atoms with Crippen molar-refractivity contribution in [1.82, 2.24) is 5.32 Å². The van der Waals surface area contributed by atoms with Gasteiger partial charge in [-0.2, -0.15) is 11.3 Å². The van der Waals surface area contributed by atoms with Crippen LogP contribution in [0.2, 0.25) is 0 Å². The first-order valence-corrected chi connectivity index (χ1v) is 7.90.